The van der Waals surface area contributed by atoms with E-state index in [0.29, 0.717) is 17.5 Å². The molecule has 0 saturated carbocycles. The van der Waals surface area contributed by atoms with Crippen molar-refractivity contribution in [3.05, 3.63) is 80.6 Å². The fourth-order valence-corrected chi connectivity index (χ4v) is 3.80. The molecule has 0 bridgehead atoms. The van der Waals surface area contributed by atoms with Gasteiger partial charge in [-0.05, 0) is 42.7 Å². The van der Waals surface area contributed by atoms with E-state index in [4.69, 9.17) is 4.74 Å². The fourth-order valence-electron chi connectivity index (χ4n) is 3.80. The summed E-state index contributed by atoms with van der Waals surface area (Å²) in [5.41, 5.74) is 5.44. The highest BCUT2D eigenvalue weighted by molar-refractivity contribution is 5.94. The Labute approximate surface area is 157 Å². The summed E-state index contributed by atoms with van der Waals surface area (Å²) >= 11 is 0. The molecule has 0 unspecified atom stereocenters. The summed E-state index contributed by atoms with van der Waals surface area (Å²) in [5, 5.41) is 0.524. The Kier molecular flexibility index (Phi) is 4.54. The smallest absolute Gasteiger partial charge is 0.337 e. The van der Waals surface area contributed by atoms with Gasteiger partial charge < -0.3 is 9.72 Å². The Bertz CT molecular complexity index is 1080. The minimum absolute atomic E-state index is 0.0224. The molecule has 138 valence electrons. The number of fused-ring (bicyclic) bond motifs is 2. The van der Waals surface area contributed by atoms with Crippen molar-refractivity contribution in [2.75, 3.05) is 13.7 Å². The van der Waals surface area contributed by atoms with Crippen LogP contribution in [0.5, 0.6) is 0 Å². The van der Waals surface area contributed by atoms with Gasteiger partial charge in [0.05, 0.1) is 12.7 Å². The molecule has 3 aromatic rings. The summed E-state index contributed by atoms with van der Waals surface area (Å²) in [6.45, 7) is 4.29. The van der Waals surface area contributed by atoms with Crippen molar-refractivity contribution in [3.8, 4) is 0 Å². The lowest BCUT2D eigenvalue weighted by atomic mass is 9.99. The first-order chi connectivity index (χ1) is 13.1. The Morgan fingerprint density at radius 2 is 1.96 bits per heavy atom. The number of esters is 1. The number of aromatic nitrogens is 1. The second kappa shape index (κ2) is 7.00. The van der Waals surface area contributed by atoms with Gasteiger partial charge in [-0.25, -0.2) is 4.79 Å². The number of nitrogens with one attached hydrogen (secondary N) is 1. The Morgan fingerprint density at radius 3 is 2.74 bits per heavy atom. The van der Waals surface area contributed by atoms with Crippen LogP contribution in [0.2, 0.25) is 0 Å². The van der Waals surface area contributed by atoms with E-state index in [2.05, 4.69) is 34.1 Å². The van der Waals surface area contributed by atoms with Crippen LogP contribution in [0, 0.1) is 6.92 Å². The van der Waals surface area contributed by atoms with Crippen LogP contribution in [0.15, 0.2) is 47.3 Å². The molecule has 0 atom stereocenters. The van der Waals surface area contributed by atoms with E-state index < -0.39 is 5.97 Å². The average molecular weight is 362 g/mol. The summed E-state index contributed by atoms with van der Waals surface area (Å²) < 4.78 is 4.77. The van der Waals surface area contributed by atoms with E-state index >= 15 is 0 Å². The third-order valence-electron chi connectivity index (χ3n) is 5.33. The van der Waals surface area contributed by atoms with Crippen molar-refractivity contribution in [1.29, 1.82) is 0 Å². The molecule has 1 N–H and O–H groups in total. The zero-order valence-corrected chi connectivity index (χ0v) is 15.5. The highest BCUT2D eigenvalue weighted by atomic mass is 16.5. The predicted molar refractivity (Wildman–Crippen MR) is 105 cm³/mol. The molecule has 0 fully saturated rings. The molecule has 2 heterocycles. The lowest BCUT2D eigenvalue weighted by Gasteiger charge is -2.29. The molecule has 1 aliphatic rings. The number of hydrogen-bond donors (Lipinski definition) is 1. The number of nitrogens with zero attached hydrogens (tertiary/aromatic N) is 1. The maximum atomic E-state index is 13.1. The van der Waals surface area contributed by atoms with Crippen LogP contribution in [0.4, 0.5) is 0 Å². The van der Waals surface area contributed by atoms with Crippen LogP contribution in [0.25, 0.3) is 10.9 Å². The first-order valence-corrected chi connectivity index (χ1v) is 9.10. The minimum atomic E-state index is -0.439. The highest BCUT2D eigenvalue weighted by Gasteiger charge is 2.19. The molecule has 0 radical (unpaired) electrons. The molecular formula is C22H22N2O3. The van der Waals surface area contributed by atoms with Gasteiger partial charge in [0.25, 0.3) is 0 Å². The van der Waals surface area contributed by atoms with Gasteiger partial charge in [0.15, 0.2) is 5.43 Å². The van der Waals surface area contributed by atoms with Crippen molar-refractivity contribution in [1.82, 2.24) is 9.88 Å². The molecule has 0 spiro atoms. The third kappa shape index (κ3) is 3.26. The largest absolute Gasteiger partial charge is 0.465 e. The van der Waals surface area contributed by atoms with Crippen molar-refractivity contribution in [2.24, 2.45) is 0 Å². The van der Waals surface area contributed by atoms with Crippen molar-refractivity contribution >= 4 is 16.9 Å². The van der Waals surface area contributed by atoms with E-state index in [1.165, 1.54) is 18.2 Å². The quantitative estimate of drug-likeness (QED) is 0.727. The Morgan fingerprint density at radius 1 is 1.19 bits per heavy atom. The summed E-state index contributed by atoms with van der Waals surface area (Å²) in [7, 11) is 1.34. The lowest BCUT2D eigenvalue weighted by Crippen LogP contribution is -2.32. The van der Waals surface area contributed by atoms with E-state index in [1.807, 2.05) is 6.92 Å². The molecule has 4 rings (SSSR count). The van der Waals surface area contributed by atoms with Crippen LogP contribution < -0.4 is 5.43 Å². The fraction of sp³-hybridized carbons (Fsp3) is 0.273. The van der Waals surface area contributed by atoms with Crippen molar-refractivity contribution in [3.63, 3.8) is 0 Å². The number of aromatic amines is 1. The minimum Gasteiger partial charge on any atom is -0.465 e. The zero-order chi connectivity index (χ0) is 19.0. The van der Waals surface area contributed by atoms with Crippen molar-refractivity contribution < 1.29 is 9.53 Å². The number of pyridine rings is 1. The normalized spacial score (nSPS) is 14.1. The number of aryl methyl sites for hydroxylation is 1. The Hall–Kier alpha value is -2.92. The number of rotatable bonds is 3. The van der Waals surface area contributed by atoms with Gasteiger partial charge in [0, 0.05) is 41.8 Å². The standard InChI is InChI=1S/C22H22N2O3/c1-14-19(13-24-10-9-15-5-3-4-6-17(15)12-24)21(25)18-11-16(22(26)27-2)7-8-20(18)23-14/h3-8,11H,9-10,12-13H2,1-2H3,(H,23,25). The molecule has 2 aromatic carbocycles. The number of H-pyrrole nitrogens is 1. The SMILES string of the molecule is COC(=O)c1ccc2[nH]c(C)c(CN3CCc4ccccc4C3)c(=O)c2c1. The zero-order valence-electron chi connectivity index (χ0n) is 15.5. The van der Waals surface area contributed by atoms with Crippen LogP contribution in [0.3, 0.4) is 0 Å². The molecule has 27 heavy (non-hydrogen) atoms. The molecule has 0 aliphatic carbocycles. The number of benzene rings is 2. The van der Waals surface area contributed by atoms with E-state index in [-0.39, 0.29) is 5.43 Å². The number of hydrogen-bond acceptors (Lipinski definition) is 4. The lowest BCUT2D eigenvalue weighted by molar-refractivity contribution is 0.0601. The topological polar surface area (TPSA) is 62.4 Å². The summed E-state index contributed by atoms with van der Waals surface area (Å²) in [4.78, 5) is 30.6. The third-order valence-corrected chi connectivity index (χ3v) is 5.33. The van der Waals surface area contributed by atoms with Crippen molar-refractivity contribution in [2.45, 2.75) is 26.4 Å². The summed E-state index contributed by atoms with van der Waals surface area (Å²) in [6.07, 6.45) is 0.993. The van der Waals surface area contributed by atoms with Gasteiger partial charge in [-0.15, -0.1) is 0 Å². The van der Waals surface area contributed by atoms with Gasteiger partial charge in [0.2, 0.25) is 0 Å². The maximum absolute atomic E-state index is 13.1. The number of ether oxygens (including phenoxy) is 1. The van der Waals surface area contributed by atoms with Gasteiger partial charge in [-0.2, -0.15) is 0 Å². The first-order valence-electron chi connectivity index (χ1n) is 9.10. The monoisotopic (exact) mass is 362 g/mol. The Balaban J connectivity index is 1.69. The van der Waals surface area contributed by atoms with E-state index in [1.54, 1.807) is 18.2 Å². The average Bonchev–Trinajstić information content (AvgIpc) is 2.70. The van der Waals surface area contributed by atoms with Gasteiger partial charge in [0.1, 0.15) is 0 Å². The summed E-state index contributed by atoms with van der Waals surface area (Å²) in [6, 6.07) is 13.5. The number of methoxy groups -OCH3 is 1. The van der Waals surface area contributed by atoms with Crippen LogP contribution in [-0.4, -0.2) is 29.5 Å². The van der Waals surface area contributed by atoms with Crippen LogP contribution >= 0.6 is 0 Å². The molecule has 5 heteroatoms. The predicted octanol–water partition coefficient (Wildman–Crippen LogP) is 3.18. The molecule has 0 amide bonds. The first kappa shape index (κ1) is 17.5. The molecular weight excluding hydrogens is 340 g/mol. The maximum Gasteiger partial charge on any atom is 0.337 e. The van der Waals surface area contributed by atoms with Crippen LogP contribution in [0.1, 0.15) is 32.7 Å². The highest BCUT2D eigenvalue weighted by Crippen LogP contribution is 2.21. The molecule has 0 saturated heterocycles. The molecule has 1 aliphatic heterocycles. The molecule has 5 nitrogen and oxygen atoms in total. The van der Waals surface area contributed by atoms with E-state index in [0.717, 1.165) is 36.3 Å². The molecule has 1 aromatic heterocycles. The van der Waals surface area contributed by atoms with Gasteiger partial charge in [-0.3, -0.25) is 9.69 Å². The van der Waals surface area contributed by atoms with Crippen LogP contribution in [-0.2, 0) is 24.2 Å². The van der Waals surface area contributed by atoms with E-state index in [9.17, 15) is 9.59 Å². The second-order valence-corrected chi connectivity index (χ2v) is 7.04. The number of carbonyl (C=O) groups is 1. The second-order valence-electron chi connectivity index (χ2n) is 7.04. The van der Waals surface area contributed by atoms with Gasteiger partial charge >= 0.3 is 5.97 Å². The number of carbonyl (C=O) groups excluding carboxylic acids is 1. The van der Waals surface area contributed by atoms with Gasteiger partial charge in [-0.1, -0.05) is 24.3 Å². The summed E-state index contributed by atoms with van der Waals surface area (Å²) in [5.74, 6) is -0.439.